The van der Waals surface area contributed by atoms with Crippen LogP contribution in [0.25, 0.3) is 0 Å². The molecular formula is C19H29B2N3O3. The van der Waals surface area contributed by atoms with Crippen LogP contribution in [0.3, 0.4) is 0 Å². The molecule has 2 aliphatic rings. The molecule has 144 valence electrons. The molecule has 27 heavy (non-hydrogen) atoms. The minimum Gasteiger partial charge on any atom is -0.399 e. The average molecular weight is 369 g/mol. The molecule has 2 saturated heterocycles. The van der Waals surface area contributed by atoms with Gasteiger partial charge in [0.1, 0.15) is 0 Å². The summed E-state index contributed by atoms with van der Waals surface area (Å²) in [7, 11) is 1.20. The van der Waals surface area contributed by atoms with Gasteiger partial charge >= 0.3 is 7.12 Å². The Morgan fingerprint density at radius 1 is 1.22 bits per heavy atom. The van der Waals surface area contributed by atoms with Crippen molar-refractivity contribution in [3.8, 4) is 5.97 Å². The van der Waals surface area contributed by atoms with Gasteiger partial charge in [0.25, 0.3) is 6.71 Å². The molecule has 0 saturated carbocycles. The number of hydrogen-bond donors (Lipinski definition) is 0. The second kappa shape index (κ2) is 7.46. The van der Waals surface area contributed by atoms with Gasteiger partial charge in [0, 0.05) is 31.6 Å². The molecule has 2 aliphatic heterocycles. The van der Waals surface area contributed by atoms with Crippen LogP contribution in [-0.2, 0) is 14.0 Å². The number of methoxy groups -OCH3 is 1. The summed E-state index contributed by atoms with van der Waals surface area (Å²) >= 11 is 0. The summed E-state index contributed by atoms with van der Waals surface area (Å²) < 4.78 is 18.1. The lowest BCUT2D eigenvalue weighted by atomic mass is 9.45. The second-order valence-electron chi connectivity index (χ2n) is 8.52. The molecule has 0 spiro atoms. The van der Waals surface area contributed by atoms with Gasteiger partial charge in [-0.25, -0.2) is 5.26 Å². The summed E-state index contributed by atoms with van der Waals surface area (Å²) in [5.74, 6) is 2.38. The van der Waals surface area contributed by atoms with Gasteiger partial charge in [0.2, 0.25) is 0 Å². The zero-order valence-electron chi connectivity index (χ0n) is 17.3. The highest BCUT2D eigenvalue weighted by Crippen LogP contribution is 2.37. The van der Waals surface area contributed by atoms with Crippen LogP contribution < -0.4 is 10.4 Å². The molecule has 1 aromatic rings. The van der Waals surface area contributed by atoms with Crippen LogP contribution in [0.15, 0.2) is 12.3 Å². The summed E-state index contributed by atoms with van der Waals surface area (Å²) in [5.41, 5.74) is 1.98. The Balaban J connectivity index is 1.92. The molecule has 0 N–H and O–H groups in total. The van der Waals surface area contributed by atoms with E-state index in [-0.39, 0.29) is 12.8 Å². The highest BCUT2D eigenvalue weighted by molar-refractivity contribution is 6.67. The van der Waals surface area contributed by atoms with Gasteiger partial charge in [-0.05, 0) is 53.3 Å². The fourth-order valence-corrected chi connectivity index (χ4v) is 3.53. The van der Waals surface area contributed by atoms with Crippen molar-refractivity contribution in [3.05, 3.63) is 18.0 Å². The third kappa shape index (κ3) is 3.87. The molecule has 0 unspecified atom stereocenters. The van der Waals surface area contributed by atoms with Gasteiger partial charge < -0.3 is 18.9 Å². The van der Waals surface area contributed by atoms with Crippen LogP contribution in [0, 0.1) is 11.2 Å². The predicted molar refractivity (Wildman–Crippen MR) is 109 cm³/mol. The van der Waals surface area contributed by atoms with Gasteiger partial charge in [0.05, 0.1) is 34.9 Å². The molecule has 0 aliphatic carbocycles. The number of anilines is 1. The molecule has 0 amide bonds. The Morgan fingerprint density at radius 3 is 2.33 bits per heavy atom. The SMILES string of the molecule is CO[C@@H](C)c1ncc(N2CCB(C#N)CC2)cc1B1OC(C)(C)C(C)(C)O1. The first-order valence-corrected chi connectivity index (χ1v) is 9.71. The second-order valence-corrected chi connectivity index (χ2v) is 8.52. The lowest BCUT2D eigenvalue weighted by molar-refractivity contribution is 0.00578. The summed E-state index contributed by atoms with van der Waals surface area (Å²) in [6.07, 6.45) is 3.51. The topological polar surface area (TPSA) is 67.6 Å². The Kier molecular flexibility index (Phi) is 5.58. The highest BCUT2D eigenvalue weighted by atomic mass is 16.7. The molecule has 1 aromatic heterocycles. The fourth-order valence-electron chi connectivity index (χ4n) is 3.53. The number of ether oxygens (including phenoxy) is 1. The van der Waals surface area contributed by atoms with E-state index in [9.17, 15) is 0 Å². The third-order valence-corrected chi connectivity index (χ3v) is 6.22. The van der Waals surface area contributed by atoms with Crippen molar-refractivity contribution in [1.29, 1.82) is 5.26 Å². The van der Waals surface area contributed by atoms with Gasteiger partial charge in [-0.15, -0.1) is 0 Å². The minimum absolute atomic E-state index is 0.155. The lowest BCUT2D eigenvalue weighted by Crippen LogP contribution is -2.41. The Morgan fingerprint density at radius 2 is 1.81 bits per heavy atom. The predicted octanol–water partition coefficient (Wildman–Crippen LogP) is 2.47. The highest BCUT2D eigenvalue weighted by Gasteiger charge is 2.52. The van der Waals surface area contributed by atoms with Crippen molar-refractivity contribution in [2.45, 2.75) is 64.6 Å². The number of rotatable bonds is 4. The van der Waals surface area contributed by atoms with Crippen LogP contribution in [0.4, 0.5) is 5.69 Å². The van der Waals surface area contributed by atoms with Crippen LogP contribution in [0.2, 0.25) is 12.6 Å². The van der Waals surface area contributed by atoms with E-state index in [1.54, 1.807) is 7.11 Å². The molecule has 6 nitrogen and oxygen atoms in total. The molecule has 3 rings (SSSR count). The van der Waals surface area contributed by atoms with Crippen LogP contribution >= 0.6 is 0 Å². The quantitative estimate of drug-likeness (QED) is 0.760. The normalized spacial score (nSPS) is 22.6. The summed E-state index contributed by atoms with van der Waals surface area (Å²) in [4.78, 5) is 7.00. The van der Waals surface area contributed by atoms with E-state index >= 15 is 0 Å². The smallest absolute Gasteiger partial charge is 0.399 e. The van der Waals surface area contributed by atoms with Gasteiger partial charge in [-0.3, -0.25) is 4.98 Å². The van der Waals surface area contributed by atoms with Crippen molar-refractivity contribution >= 4 is 25.0 Å². The standard InChI is InChI=1S/C19H29B2N3O3/c1-14(25-6)17-16(21-26-18(2,3)19(4,5)27-21)11-15(12-23-17)24-9-7-20(13-22)8-10-24/h11-12,14H,7-10H2,1-6H3/t14-/m0/s1. The molecule has 3 heterocycles. The first kappa shape index (κ1) is 20.2. The zero-order chi connectivity index (χ0) is 19.8. The van der Waals surface area contributed by atoms with E-state index in [1.165, 1.54) is 0 Å². The number of aromatic nitrogens is 1. The molecule has 1 atom stereocenters. The maximum Gasteiger partial charge on any atom is 0.496 e. The fraction of sp³-hybridized carbons (Fsp3) is 0.684. The molecule has 0 bridgehead atoms. The zero-order valence-corrected chi connectivity index (χ0v) is 17.3. The summed E-state index contributed by atoms with van der Waals surface area (Å²) in [6, 6.07) is 2.12. The first-order valence-electron chi connectivity index (χ1n) is 9.71. The van der Waals surface area contributed by atoms with E-state index in [2.05, 4.69) is 44.6 Å². The van der Waals surface area contributed by atoms with E-state index in [1.807, 2.05) is 13.1 Å². The molecule has 8 heteroatoms. The van der Waals surface area contributed by atoms with Crippen molar-refractivity contribution in [3.63, 3.8) is 0 Å². The minimum atomic E-state index is -0.480. The van der Waals surface area contributed by atoms with Crippen molar-refractivity contribution < 1.29 is 14.0 Å². The average Bonchev–Trinajstić information content (AvgIpc) is 2.88. The molecule has 2 fully saturated rings. The monoisotopic (exact) mass is 369 g/mol. The van der Waals surface area contributed by atoms with E-state index in [0.29, 0.717) is 0 Å². The van der Waals surface area contributed by atoms with Crippen molar-refractivity contribution in [2.75, 3.05) is 25.1 Å². The Labute approximate surface area is 163 Å². The molecule has 0 radical (unpaired) electrons. The number of nitriles is 1. The molecular weight excluding hydrogens is 340 g/mol. The van der Waals surface area contributed by atoms with E-state index < -0.39 is 18.3 Å². The Bertz CT molecular complexity index is 711. The molecule has 0 aromatic carbocycles. The van der Waals surface area contributed by atoms with Gasteiger partial charge in [-0.1, -0.05) is 0 Å². The van der Waals surface area contributed by atoms with E-state index in [4.69, 9.17) is 24.3 Å². The van der Waals surface area contributed by atoms with Gasteiger partial charge in [-0.2, -0.15) is 0 Å². The number of pyridine rings is 1. The van der Waals surface area contributed by atoms with Crippen LogP contribution in [0.1, 0.15) is 46.4 Å². The van der Waals surface area contributed by atoms with Gasteiger partial charge in [0.15, 0.2) is 0 Å². The van der Waals surface area contributed by atoms with Crippen molar-refractivity contribution in [1.82, 2.24) is 4.98 Å². The largest absolute Gasteiger partial charge is 0.496 e. The lowest BCUT2D eigenvalue weighted by Gasteiger charge is -2.32. The van der Waals surface area contributed by atoms with Crippen LogP contribution in [0.5, 0.6) is 0 Å². The number of nitrogens with zero attached hydrogens (tertiary/aromatic N) is 3. The Hall–Kier alpha value is -1.55. The summed E-state index contributed by atoms with van der Waals surface area (Å²) in [6.45, 7) is 12.1. The maximum absolute atomic E-state index is 9.13. The summed E-state index contributed by atoms with van der Waals surface area (Å²) in [5, 5.41) is 9.13. The third-order valence-electron chi connectivity index (χ3n) is 6.22. The first-order chi connectivity index (χ1) is 12.7. The van der Waals surface area contributed by atoms with E-state index in [0.717, 1.165) is 42.6 Å². The van der Waals surface area contributed by atoms with Crippen LogP contribution in [-0.4, -0.2) is 50.2 Å². The maximum atomic E-state index is 9.13. The number of hydrogen-bond acceptors (Lipinski definition) is 6. The van der Waals surface area contributed by atoms with Crippen molar-refractivity contribution in [2.24, 2.45) is 0 Å².